The van der Waals surface area contributed by atoms with Crippen molar-refractivity contribution in [3.8, 4) is 22.9 Å². The SMILES string of the molecule is CC[C@@]1(O)C(=O)OCc2c1cc1n(c2=O)Cc2c-1nc1cc3c(cc1c2CNC(=O)[C@H](C)N)OCO3. The summed E-state index contributed by atoms with van der Waals surface area (Å²) >= 11 is 0. The van der Waals surface area contributed by atoms with Crippen LogP contribution in [0.3, 0.4) is 0 Å². The summed E-state index contributed by atoms with van der Waals surface area (Å²) in [6.45, 7) is 3.50. The van der Waals surface area contributed by atoms with E-state index in [-0.39, 0.29) is 55.5 Å². The van der Waals surface area contributed by atoms with Gasteiger partial charge in [0.15, 0.2) is 17.1 Å². The lowest BCUT2D eigenvalue weighted by atomic mass is 9.86. The van der Waals surface area contributed by atoms with Crippen molar-refractivity contribution in [2.24, 2.45) is 5.73 Å². The minimum Gasteiger partial charge on any atom is -0.458 e. The number of nitrogens with zero attached hydrogens (tertiary/aromatic N) is 2. The minimum atomic E-state index is -1.91. The van der Waals surface area contributed by atoms with E-state index in [2.05, 4.69) is 5.32 Å². The molecule has 3 aliphatic rings. The average molecular weight is 492 g/mol. The molecular formula is C25H24N4O7. The minimum absolute atomic E-state index is 0.0533. The van der Waals surface area contributed by atoms with Crippen molar-refractivity contribution < 1.29 is 28.9 Å². The smallest absolute Gasteiger partial charge is 0.343 e. The van der Waals surface area contributed by atoms with Crippen LogP contribution in [0.2, 0.25) is 0 Å². The molecule has 6 rings (SSSR count). The van der Waals surface area contributed by atoms with Gasteiger partial charge in [-0.3, -0.25) is 9.59 Å². The predicted octanol–water partition coefficient (Wildman–Crippen LogP) is 0.772. The Labute approximate surface area is 204 Å². The highest BCUT2D eigenvalue weighted by atomic mass is 16.7. The third kappa shape index (κ3) is 3.06. The fourth-order valence-corrected chi connectivity index (χ4v) is 5.09. The van der Waals surface area contributed by atoms with Gasteiger partial charge in [0.25, 0.3) is 5.56 Å². The van der Waals surface area contributed by atoms with Crippen molar-refractivity contribution in [2.75, 3.05) is 6.79 Å². The van der Waals surface area contributed by atoms with E-state index in [0.29, 0.717) is 28.4 Å². The largest absolute Gasteiger partial charge is 0.458 e. The Morgan fingerprint density at radius 3 is 2.69 bits per heavy atom. The van der Waals surface area contributed by atoms with Crippen LogP contribution in [0, 0.1) is 0 Å². The van der Waals surface area contributed by atoms with Gasteiger partial charge in [-0.25, -0.2) is 9.78 Å². The number of nitrogens with one attached hydrogen (secondary N) is 1. The molecule has 0 spiro atoms. The molecule has 2 aromatic heterocycles. The number of carbonyl (C=O) groups excluding carboxylic acids is 2. The molecule has 0 fully saturated rings. The first-order chi connectivity index (χ1) is 17.2. The van der Waals surface area contributed by atoms with Crippen LogP contribution >= 0.6 is 0 Å². The maximum atomic E-state index is 13.5. The second-order valence-corrected chi connectivity index (χ2v) is 9.25. The number of carbonyl (C=O) groups is 2. The van der Waals surface area contributed by atoms with Crippen molar-refractivity contribution in [3.05, 3.63) is 50.8 Å². The number of aliphatic hydroxyl groups is 1. The molecule has 11 nitrogen and oxygen atoms in total. The summed E-state index contributed by atoms with van der Waals surface area (Å²) in [6.07, 6.45) is 0.0533. The maximum Gasteiger partial charge on any atom is 0.343 e. The van der Waals surface area contributed by atoms with Crippen molar-refractivity contribution in [1.82, 2.24) is 14.9 Å². The summed E-state index contributed by atoms with van der Waals surface area (Å²) < 4.78 is 17.8. The summed E-state index contributed by atoms with van der Waals surface area (Å²) in [5, 5.41) is 14.7. The van der Waals surface area contributed by atoms with E-state index < -0.39 is 17.6 Å². The molecule has 5 heterocycles. The van der Waals surface area contributed by atoms with E-state index >= 15 is 0 Å². The van der Waals surface area contributed by atoms with Gasteiger partial charge in [-0.1, -0.05) is 6.92 Å². The number of amides is 1. The molecule has 0 saturated heterocycles. The van der Waals surface area contributed by atoms with Crippen LogP contribution < -0.4 is 26.1 Å². The number of hydrogen-bond acceptors (Lipinski definition) is 9. The molecule has 3 aliphatic heterocycles. The summed E-state index contributed by atoms with van der Waals surface area (Å²) in [7, 11) is 0. The fraction of sp³-hybridized carbons (Fsp3) is 0.360. The summed E-state index contributed by atoms with van der Waals surface area (Å²) in [5.74, 6) is 0.0140. The molecule has 1 amide bonds. The number of rotatable bonds is 4. The lowest BCUT2D eigenvalue weighted by Crippen LogP contribution is -2.44. The zero-order chi connectivity index (χ0) is 25.4. The summed E-state index contributed by atoms with van der Waals surface area (Å²) in [5.41, 5.74) is 7.07. The summed E-state index contributed by atoms with van der Waals surface area (Å²) in [4.78, 5) is 43.1. The predicted molar refractivity (Wildman–Crippen MR) is 126 cm³/mol. The number of hydrogen-bond donors (Lipinski definition) is 3. The molecule has 0 bridgehead atoms. The molecule has 2 atom stereocenters. The van der Waals surface area contributed by atoms with Gasteiger partial charge in [0.2, 0.25) is 12.7 Å². The molecule has 186 valence electrons. The third-order valence-electron chi connectivity index (χ3n) is 7.15. The van der Waals surface area contributed by atoms with E-state index in [9.17, 15) is 19.5 Å². The molecule has 0 saturated carbocycles. The molecule has 3 aromatic rings. The molecule has 0 aliphatic carbocycles. The van der Waals surface area contributed by atoms with Gasteiger partial charge in [0.05, 0.1) is 35.1 Å². The first-order valence-electron chi connectivity index (χ1n) is 11.7. The zero-order valence-electron chi connectivity index (χ0n) is 19.7. The van der Waals surface area contributed by atoms with E-state index in [1.807, 2.05) is 6.07 Å². The Balaban J connectivity index is 1.59. The maximum absolute atomic E-state index is 13.5. The van der Waals surface area contributed by atoms with Gasteiger partial charge in [0.1, 0.15) is 6.61 Å². The van der Waals surface area contributed by atoms with E-state index in [1.165, 1.54) is 0 Å². The average Bonchev–Trinajstić information content (AvgIpc) is 3.47. The van der Waals surface area contributed by atoms with Crippen molar-refractivity contribution in [1.29, 1.82) is 0 Å². The normalized spacial score (nSPS) is 19.9. The van der Waals surface area contributed by atoms with Crippen LogP contribution in [0.4, 0.5) is 0 Å². The fourth-order valence-electron chi connectivity index (χ4n) is 5.09. The highest BCUT2D eigenvalue weighted by Gasteiger charge is 2.45. The monoisotopic (exact) mass is 492 g/mol. The van der Waals surface area contributed by atoms with E-state index in [4.69, 9.17) is 24.9 Å². The first-order valence-corrected chi connectivity index (χ1v) is 11.7. The van der Waals surface area contributed by atoms with Gasteiger partial charge in [-0.15, -0.1) is 0 Å². The molecule has 0 unspecified atom stereocenters. The number of benzene rings is 1. The Morgan fingerprint density at radius 2 is 1.97 bits per heavy atom. The molecule has 11 heteroatoms. The number of fused-ring (bicyclic) bond motifs is 6. The lowest BCUT2D eigenvalue weighted by Gasteiger charge is -2.31. The Bertz CT molecular complexity index is 1540. The first kappa shape index (κ1) is 22.5. The molecule has 0 radical (unpaired) electrons. The highest BCUT2D eigenvalue weighted by molar-refractivity contribution is 5.92. The van der Waals surface area contributed by atoms with Crippen LogP contribution in [-0.2, 0) is 39.6 Å². The topological polar surface area (TPSA) is 155 Å². The number of pyridine rings is 2. The van der Waals surface area contributed by atoms with E-state index in [0.717, 1.165) is 16.5 Å². The number of ether oxygens (including phenoxy) is 3. The quantitative estimate of drug-likeness (QED) is 0.350. The van der Waals surface area contributed by atoms with Crippen molar-refractivity contribution >= 4 is 22.8 Å². The highest BCUT2D eigenvalue weighted by Crippen LogP contribution is 2.43. The van der Waals surface area contributed by atoms with Gasteiger partial charge < -0.3 is 34.9 Å². The number of aromatic nitrogens is 2. The van der Waals surface area contributed by atoms with Crippen LogP contribution in [0.15, 0.2) is 23.0 Å². The third-order valence-corrected chi connectivity index (χ3v) is 7.15. The van der Waals surface area contributed by atoms with Crippen molar-refractivity contribution in [2.45, 2.75) is 51.6 Å². The van der Waals surface area contributed by atoms with Crippen LogP contribution in [0.5, 0.6) is 11.5 Å². The van der Waals surface area contributed by atoms with Gasteiger partial charge in [0, 0.05) is 29.1 Å². The Kier molecular flexibility index (Phi) is 4.86. The van der Waals surface area contributed by atoms with E-state index in [1.54, 1.807) is 30.5 Å². The van der Waals surface area contributed by atoms with Gasteiger partial charge >= 0.3 is 5.97 Å². The standard InChI is InChI=1S/C25H24N4O7/c1-3-25(33)16-5-18-21-14(8-29(18)23(31)15(16)9-34-24(25)32)13(7-27-22(30)11(2)26)12-4-19-20(36-10-35-19)6-17(12)28-21/h4-6,11,33H,3,7-10,26H2,1-2H3,(H,27,30)/t11-,25-/m0/s1. The Morgan fingerprint density at radius 1 is 1.22 bits per heavy atom. The van der Waals surface area contributed by atoms with Crippen molar-refractivity contribution in [3.63, 3.8) is 0 Å². The van der Waals surface area contributed by atoms with Crippen LogP contribution in [0.25, 0.3) is 22.3 Å². The van der Waals surface area contributed by atoms with Crippen LogP contribution in [-0.4, -0.2) is 39.4 Å². The molecular weight excluding hydrogens is 468 g/mol. The number of nitrogens with two attached hydrogens (primary N) is 1. The summed E-state index contributed by atoms with van der Waals surface area (Å²) in [6, 6.07) is 4.54. The second-order valence-electron chi connectivity index (χ2n) is 9.25. The van der Waals surface area contributed by atoms with Gasteiger partial charge in [-0.2, -0.15) is 0 Å². The molecule has 1 aromatic carbocycles. The molecule has 36 heavy (non-hydrogen) atoms. The molecule has 4 N–H and O–H groups in total. The zero-order valence-corrected chi connectivity index (χ0v) is 19.7. The number of cyclic esters (lactones) is 1. The Hall–Kier alpha value is -3.96. The number of esters is 1. The van der Waals surface area contributed by atoms with Crippen LogP contribution in [0.1, 0.15) is 42.5 Å². The van der Waals surface area contributed by atoms with Gasteiger partial charge in [-0.05, 0) is 31.0 Å². The lowest BCUT2D eigenvalue weighted by molar-refractivity contribution is -0.172. The second kappa shape index (κ2) is 7.77.